The van der Waals surface area contributed by atoms with E-state index in [9.17, 15) is 4.79 Å². The monoisotopic (exact) mass is 351 g/mol. The summed E-state index contributed by atoms with van der Waals surface area (Å²) in [5.74, 6) is 0.0319. The molecule has 0 spiro atoms. The van der Waals surface area contributed by atoms with Crippen LogP contribution in [-0.4, -0.2) is 25.0 Å². The molecule has 0 aliphatic heterocycles. The van der Waals surface area contributed by atoms with Gasteiger partial charge in [0.1, 0.15) is 0 Å². The fraction of sp³-hybridized carbons (Fsp3) is 0.409. The minimum absolute atomic E-state index is 0.0319. The van der Waals surface area contributed by atoms with Crippen LogP contribution in [0.1, 0.15) is 36.0 Å². The number of carbonyl (C=O) groups is 1. The molecule has 0 saturated heterocycles. The molecule has 1 aliphatic carbocycles. The first-order valence-corrected chi connectivity index (χ1v) is 9.66. The van der Waals surface area contributed by atoms with Gasteiger partial charge in [-0.05, 0) is 80.4 Å². The zero-order valence-corrected chi connectivity index (χ0v) is 15.3. The lowest BCUT2D eigenvalue weighted by atomic mass is 10.1. The van der Waals surface area contributed by atoms with Crippen LogP contribution in [0.5, 0.6) is 0 Å². The van der Waals surface area contributed by atoms with Crippen molar-refractivity contribution in [1.29, 1.82) is 0 Å². The largest absolute Gasteiger partial charge is 0.330 e. The van der Waals surface area contributed by atoms with Crippen LogP contribution in [0.15, 0.2) is 48.5 Å². The second kappa shape index (κ2) is 9.51. The van der Waals surface area contributed by atoms with E-state index in [0.29, 0.717) is 6.54 Å². The number of hydrogen-bond donors (Lipinski definition) is 3. The topological polar surface area (TPSA) is 67.1 Å². The second-order valence-electron chi connectivity index (χ2n) is 7.00. The highest BCUT2D eigenvalue weighted by molar-refractivity contribution is 5.95. The van der Waals surface area contributed by atoms with Gasteiger partial charge in [-0.25, -0.2) is 0 Å². The van der Waals surface area contributed by atoms with Crippen molar-refractivity contribution >= 4 is 11.6 Å². The lowest BCUT2D eigenvalue weighted by Crippen LogP contribution is -2.41. The van der Waals surface area contributed by atoms with E-state index in [-0.39, 0.29) is 11.9 Å². The van der Waals surface area contributed by atoms with E-state index in [0.717, 1.165) is 44.3 Å². The molecule has 0 radical (unpaired) electrons. The average molecular weight is 351 g/mol. The van der Waals surface area contributed by atoms with Crippen molar-refractivity contribution in [2.45, 2.75) is 44.6 Å². The highest BCUT2D eigenvalue weighted by Gasteiger charge is 2.18. The Labute approximate surface area is 156 Å². The third kappa shape index (κ3) is 5.16. The van der Waals surface area contributed by atoms with Gasteiger partial charge in [0.2, 0.25) is 5.91 Å². The summed E-state index contributed by atoms with van der Waals surface area (Å²) in [6.07, 6.45) is 5.98. The van der Waals surface area contributed by atoms with E-state index in [2.05, 4.69) is 34.9 Å². The summed E-state index contributed by atoms with van der Waals surface area (Å²) in [7, 11) is 0. The van der Waals surface area contributed by atoms with Crippen LogP contribution < -0.4 is 16.4 Å². The fourth-order valence-electron chi connectivity index (χ4n) is 3.56. The number of anilines is 1. The van der Waals surface area contributed by atoms with Crippen LogP contribution in [0.3, 0.4) is 0 Å². The minimum atomic E-state index is -0.212. The Morgan fingerprint density at radius 3 is 2.69 bits per heavy atom. The molecule has 0 unspecified atom stereocenters. The van der Waals surface area contributed by atoms with E-state index in [4.69, 9.17) is 5.73 Å². The maximum absolute atomic E-state index is 12.7. The molecule has 4 N–H and O–H groups in total. The molecule has 4 nitrogen and oxygen atoms in total. The number of nitrogens with one attached hydrogen (secondary N) is 2. The molecule has 0 saturated carbocycles. The molecule has 1 amide bonds. The zero-order chi connectivity index (χ0) is 18.2. The Balaban J connectivity index is 1.56. The zero-order valence-electron chi connectivity index (χ0n) is 15.3. The molecule has 138 valence electrons. The van der Waals surface area contributed by atoms with Gasteiger partial charge in [-0.15, -0.1) is 0 Å². The second-order valence-corrected chi connectivity index (χ2v) is 7.00. The lowest BCUT2D eigenvalue weighted by Gasteiger charge is -2.19. The number of benzene rings is 2. The Morgan fingerprint density at radius 2 is 1.88 bits per heavy atom. The van der Waals surface area contributed by atoms with E-state index in [1.165, 1.54) is 23.1 Å². The van der Waals surface area contributed by atoms with Crippen molar-refractivity contribution in [1.82, 2.24) is 5.32 Å². The maximum Gasteiger partial charge on any atom is 0.241 e. The van der Waals surface area contributed by atoms with E-state index < -0.39 is 0 Å². The molecule has 2 aromatic rings. The van der Waals surface area contributed by atoms with Gasteiger partial charge in [0.05, 0.1) is 6.04 Å². The van der Waals surface area contributed by atoms with Crippen LogP contribution in [0.2, 0.25) is 0 Å². The summed E-state index contributed by atoms with van der Waals surface area (Å²) < 4.78 is 0. The summed E-state index contributed by atoms with van der Waals surface area (Å²) >= 11 is 0. The molecule has 4 heteroatoms. The molecule has 0 bridgehead atoms. The van der Waals surface area contributed by atoms with Crippen molar-refractivity contribution in [3.05, 3.63) is 65.2 Å². The first kappa shape index (κ1) is 18.6. The molecule has 0 heterocycles. The quantitative estimate of drug-likeness (QED) is 0.650. The number of carbonyl (C=O) groups excluding carboxylic acids is 1. The summed E-state index contributed by atoms with van der Waals surface area (Å²) in [6, 6.07) is 16.4. The predicted octanol–water partition coefficient (Wildman–Crippen LogP) is 3.05. The van der Waals surface area contributed by atoms with Crippen molar-refractivity contribution in [3.63, 3.8) is 0 Å². The van der Waals surface area contributed by atoms with Gasteiger partial charge in [-0.3, -0.25) is 4.79 Å². The first-order valence-electron chi connectivity index (χ1n) is 9.66. The van der Waals surface area contributed by atoms with Crippen molar-refractivity contribution in [2.75, 3.05) is 18.4 Å². The molecule has 1 atom stereocenters. The third-order valence-corrected chi connectivity index (χ3v) is 5.03. The van der Waals surface area contributed by atoms with E-state index in [1.54, 1.807) is 0 Å². The molecular weight excluding hydrogens is 322 g/mol. The summed E-state index contributed by atoms with van der Waals surface area (Å²) in [4.78, 5) is 12.7. The Kier molecular flexibility index (Phi) is 6.81. The van der Waals surface area contributed by atoms with Gasteiger partial charge in [-0.2, -0.15) is 0 Å². The van der Waals surface area contributed by atoms with Gasteiger partial charge in [0.15, 0.2) is 0 Å². The van der Waals surface area contributed by atoms with Crippen LogP contribution in [0.4, 0.5) is 5.69 Å². The minimum Gasteiger partial charge on any atom is -0.330 e. The lowest BCUT2D eigenvalue weighted by molar-refractivity contribution is -0.118. The Morgan fingerprint density at radius 1 is 1.08 bits per heavy atom. The number of hydrogen-bond acceptors (Lipinski definition) is 3. The number of amides is 1. The molecule has 1 aliphatic rings. The maximum atomic E-state index is 12.7. The van der Waals surface area contributed by atoms with Gasteiger partial charge >= 0.3 is 0 Å². The molecule has 3 rings (SSSR count). The number of fused-ring (bicyclic) bond motifs is 1. The van der Waals surface area contributed by atoms with Crippen LogP contribution >= 0.6 is 0 Å². The highest BCUT2D eigenvalue weighted by Crippen LogP contribution is 2.25. The number of aryl methyl sites for hydroxylation is 2. The standard InChI is InChI=1S/C22H29N3O/c23-14-5-10-21(24-15-13-17-6-2-1-3-7-17)22(26)25-20-12-11-18-8-4-9-19(18)16-20/h1-3,6-7,11-12,16,21,24H,4-5,8-10,13-15,23H2,(H,25,26)/t21-/m0/s1. The average Bonchev–Trinajstić information content (AvgIpc) is 3.13. The summed E-state index contributed by atoms with van der Waals surface area (Å²) in [5, 5.41) is 6.49. The fourth-order valence-corrected chi connectivity index (χ4v) is 3.56. The van der Waals surface area contributed by atoms with Crippen LogP contribution in [0.25, 0.3) is 0 Å². The summed E-state index contributed by atoms with van der Waals surface area (Å²) in [5.41, 5.74) is 10.6. The molecule has 2 aromatic carbocycles. The van der Waals surface area contributed by atoms with Crippen LogP contribution in [0, 0.1) is 0 Å². The van der Waals surface area contributed by atoms with Gasteiger partial charge < -0.3 is 16.4 Å². The smallest absolute Gasteiger partial charge is 0.241 e. The van der Waals surface area contributed by atoms with Crippen molar-refractivity contribution < 1.29 is 4.79 Å². The molecule has 26 heavy (non-hydrogen) atoms. The number of nitrogens with two attached hydrogens (primary N) is 1. The molecule has 0 aromatic heterocycles. The van der Waals surface area contributed by atoms with E-state index in [1.807, 2.05) is 24.3 Å². The normalized spacial score (nSPS) is 14.0. The third-order valence-electron chi connectivity index (χ3n) is 5.03. The van der Waals surface area contributed by atoms with Gasteiger partial charge in [0, 0.05) is 5.69 Å². The van der Waals surface area contributed by atoms with Crippen LogP contribution in [-0.2, 0) is 24.1 Å². The SMILES string of the molecule is NCCC[C@H](NCCc1ccccc1)C(=O)Nc1ccc2c(c1)CCC2. The number of rotatable bonds is 9. The van der Waals surface area contributed by atoms with Gasteiger partial charge in [-0.1, -0.05) is 36.4 Å². The molecular formula is C22H29N3O. The highest BCUT2D eigenvalue weighted by atomic mass is 16.2. The summed E-state index contributed by atoms with van der Waals surface area (Å²) in [6.45, 7) is 1.37. The van der Waals surface area contributed by atoms with Gasteiger partial charge in [0.25, 0.3) is 0 Å². The Hall–Kier alpha value is -2.17. The first-order chi connectivity index (χ1) is 12.8. The Bertz CT molecular complexity index is 715. The van der Waals surface area contributed by atoms with Crippen molar-refractivity contribution in [2.24, 2.45) is 5.73 Å². The van der Waals surface area contributed by atoms with E-state index >= 15 is 0 Å². The predicted molar refractivity (Wildman–Crippen MR) is 107 cm³/mol. The van der Waals surface area contributed by atoms with Crippen molar-refractivity contribution in [3.8, 4) is 0 Å². The molecule has 0 fully saturated rings.